The second-order valence-corrected chi connectivity index (χ2v) is 5.28. The Bertz CT molecular complexity index is 409. The number of nitrogens with one attached hydrogen (secondary N) is 1. The number of hydrogen-bond donors (Lipinski definition) is 1. The molecule has 0 bridgehead atoms. The molecule has 0 aliphatic carbocycles. The van der Waals surface area contributed by atoms with Crippen molar-refractivity contribution >= 4 is 0 Å². The van der Waals surface area contributed by atoms with Crippen molar-refractivity contribution in [2.75, 3.05) is 32.9 Å². The van der Waals surface area contributed by atoms with Crippen LogP contribution >= 0.6 is 0 Å². The monoisotopic (exact) mass is 267 g/mol. The molecule has 2 aliphatic heterocycles. The molecule has 106 valence electrons. The molecule has 0 radical (unpaired) electrons. The molecule has 0 saturated carbocycles. The topological polar surface area (TPSA) is 69.4 Å². The van der Waals surface area contributed by atoms with Crippen molar-refractivity contribution in [1.82, 2.24) is 15.5 Å². The maximum Gasteiger partial charge on any atom is 0.233 e. The van der Waals surface area contributed by atoms with E-state index in [-0.39, 0.29) is 11.5 Å². The molecule has 2 saturated heterocycles. The summed E-state index contributed by atoms with van der Waals surface area (Å²) in [6.07, 6.45) is 2.94. The Kier molecular flexibility index (Phi) is 3.81. The van der Waals surface area contributed by atoms with E-state index in [0.717, 1.165) is 38.2 Å². The Morgan fingerprint density at radius 2 is 2.16 bits per heavy atom. The highest BCUT2D eigenvalue weighted by Gasteiger charge is 2.38. The van der Waals surface area contributed by atoms with Crippen molar-refractivity contribution in [1.29, 1.82) is 0 Å². The fourth-order valence-electron chi connectivity index (χ4n) is 2.84. The highest BCUT2D eigenvalue weighted by atomic mass is 16.6. The predicted octanol–water partition coefficient (Wildman–Crippen LogP) is 1.19. The maximum atomic E-state index is 5.61. The lowest BCUT2D eigenvalue weighted by Crippen LogP contribution is -2.39. The summed E-state index contributed by atoms with van der Waals surface area (Å²) in [5, 5.41) is 7.48. The standard InChI is InChI=1S/C13H21N3O3/c1-2-13(3-5-14-6-4-13)12-15-11(16-19-12)10-9-17-7-8-18-10/h10,14H,2-9H2,1H3. The zero-order valence-electron chi connectivity index (χ0n) is 11.4. The van der Waals surface area contributed by atoms with E-state index in [4.69, 9.17) is 14.0 Å². The van der Waals surface area contributed by atoms with Crippen molar-refractivity contribution in [3.05, 3.63) is 11.7 Å². The molecule has 1 unspecified atom stereocenters. The number of aromatic nitrogens is 2. The van der Waals surface area contributed by atoms with Crippen LogP contribution in [0.2, 0.25) is 0 Å². The minimum Gasteiger partial charge on any atom is -0.376 e. The molecule has 2 fully saturated rings. The molecule has 1 atom stereocenters. The fourth-order valence-corrected chi connectivity index (χ4v) is 2.84. The molecule has 2 aliphatic rings. The van der Waals surface area contributed by atoms with Gasteiger partial charge in [-0.05, 0) is 32.4 Å². The van der Waals surface area contributed by atoms with Gasteiger partial charge in [0.2, 0.25) is 11.7 Å². The smallest absolute Gasteiger partial charge is 0.233 e. The number of ether oxygens (including phenoxy) is 2. The summed E-state index contributed by atoms with van der Waals surface area (Å²) in [5.74, 6) is 1.39. The molecule has 19 heavy (non-hydrogen) atoms. The molecule has 3 rings (SSSR count). The minimum absolute atomic E-state index is 0.0338. The van der Waals surface area contributed by atoms with Gasteiger partial charge in [0.15, 0.2) is 0 Å². The Balaban J connectivity index is 1.79. The van der Waals surface area contributed by atoms with Gasteiger partial charge in [0.1, 0.15) is 6.10 Å². The van der Waals surface area contributed by atoms with Crippen molar-refractivity contribution in [3.63, 3.8) is 0 Å². The molecular weight excluding hydrogens is 246 g/mol. The predicted molar refractivity (Wildman–Crippen MR) is 67.9 cm³/mol. The summed E-state index contributed by atoms with van der Waals surface area (Å²) in [7, 11) is 0. The molecule has 0 amide bonds. The highest BCUT2D eigenvalue weighted by molar-refractivity contribution is 5.08. The van der Waals surface area contributed by atoms with Gasteiger partial charge in [0.05, 0.1) is 25.2 Å². The third-order valence-electron chi connectivity index (χ3n) is 4.24. The molecule has 0 spiro atoms. The van der Waals surface area contributed by atoms with Crippen LogP contribution in [0.4, 0.5) is 0 Å². The van der Waals surface area contributed by atoms with Gasteiger partial charge in [-0.15, -0.1) is 0 Å². The van der Waals surface area contributed by atoms with E-state index in [2.05, 4.69) is 22.4 Å². The average molecular weight is 267 g/mol. The zero-order chi connectivity index (χ0) is 13.1. The molecule has 1 N–H and O–H groups in total. The summed E-state index contributed by atoms with van der Waals surface area (Å²) in [6, 6.07) is 0. The summed E-state index contributed by atoms with van der Waals surface area (Å²) in [5.41, 5.74) is 0.0338. The molecular formula is C13H21N3O3. The lowest BCUT2D eigenvalue weighted by molar-refractivity contribution is -0.0941. The van der Waals surface area contributed by atoms with Crippen LogP contribution in [0, 0.1) is 0 Å². The van der Waals surface area contributed by atoms with Crippen LogP contribution < -0.4 is 5.32 Å². The van der Waals surface area contributed by atoms with Gasteiger partial charge in [-0.2, -0.15) is 4.98 Å². The van der Waals surface area contributed by atoms with E-state index in [1.54, 1.807) is 0 Å². The van der Waals surface area contributed by atoms with E-state index in [0.29, 0.717) is 25.6 Å². The van der Waals surface area contributed by atoms with E-state index < -0.39 is 0 Å². The van der Waals surface area contributed by atoms with Gasteiger partial charge >= 0.3 is 0 Å². The summed E-state index contributed by atoms with van der Waals surface area (Å²) in [4.78, 5) is 4.59. The van der Waals surface area contributed by atoms with E-state index in [9.17, 15) is 0 Å². The maximum absolute atomic E-state index is 5.61. The molecule has 6 nitrogen and oxygen atoms in total. The third-order valence-corrected chi connectivity index (χ3v) is 4.24. The Morgan fingerprint density at radius 3 is 2.84 bits per heavy atom. The van der Waals surface area contributed by atoms with E-state index in [1.807, 2.05) is 0 Å². The van der Waals surface area contributed by atoms with Crippen LogP contribution in [0.25, 0.3) is 0 Å². The number of piperidine rings is 1. The summed E-state index contributed by atoms with van der Waals surface area (Å²) < 4.78 is 16.5. The lowest BCUT2D eigenvalue weighted by Gasteiger charge is -2.33. The van der Waals surface area contributed by atoms with E-state index in [1.165, 1.54) is 0 Å². The van der Waals surface area contributed by atoms with Gasteiger partial charge in [0, 0.05) is 0 Å². The van der Waals surface area contributed by atoms with Gasteiger partial charge < -0.3 is 19.3 Å². The number of rotatable bonds is 3. The number of nitrogens with zero attached hydrogens (tertiary/aromatic N) is 2. The molecule has 3 heterocycles. The Morgan fingerprint density at radius 1 is 1.32 bits per heavy atom. The van der Waals surface area contributed by atoms with Crippen molar-refractivity contribution in [2.45, 2.75) is 37.7 Å². The van der Waals surface area contributed by atoms with Crippen molar-refractivity contribution in [3.8, 4) is 0 Å². The van der Waals surface area contributed by atoms with Crippen LogP contribution in [0.15, 0.2) is 4.52 Å². The van der Waals surface area contributed by atoms with Crippen molar-refractivity contribution < 1.29 is 14.0 Å². The van der Waals surface area contributed by atoms with Gasteiger partial charge in [0.25, 0.3) is 0 Å². The van der Waals surface area contributed by atoms with Crippen LogP contribution in [-0.4, -0.2) is 43.1 Å². The van der Waals surface area contributed by atoms with Crippen LogP contribution in [0.5, 0.6) is 0 Å². The van der Waals surface area contributed by atoms with Gasteiger partial charge in [-0.25, -0.2) is 0 Å². The molecule has 1 aromatic heterocycles. The fraction of sp³-hybridized carbons (Fsp3) is 0.846. The van der Waals surface area contributed by atoms with Crippen LogP contribution in [0.1, 0.15) is 44.0 Å². The molecule has 1 aromatic rings. The second-order valence-electron chi connectivity index (χ2n) is 5.28. The Hall–Kier alpha value is -0.980. The minimum atomic E-state index is -0.179. The number of hydrogen-bond acceptors (Lipinski definition) is 6. The van der Waals surface area contributed by atoms with Gasteiger partial charge in [-0.3, -0.25) is 0 Å². The SMILES string of the molecule is CCC1(c2nc(C3COCCO3)no2)CCNCC1. The first-order valence-corrected chi connectivity index (χ1v) is 7.08. The largest absolute Gasteiger partial charge is 0.376 e. The van der Waals surface area contributed by atoms with Gasteiger partial charge in [-0.1, -0.05) is 12.1 Å². The third kappa shape index (κ3) is 2.52. The summed E-state index contributed by atoms with van der Waals surface area (Å²) in [6.45, 7) is 5.96. The first-order valence-electron chi connectivity index (χ1n) is 7.08. The van der Waals surface area contributed by atoms with Crippen molar-refractivity contribution in [2.24, 2.45) is 0 Å². The average Bonchev–Trinajstić information content (AvgIpc) is 2.99. The lowest BCUT2D eigenvalue weighted by atomic mass is 9.76. The van der Waals surface area contributed by atoms with Crippen LogP contribution in [-0.2, 0) is 14.9 Å². The normalized spacial score (nSPS) is 27.3. The summed E-state index contributed by atoms with van der Waals surface area (Å²) >= 11 is 0. The quantitative estimate of drug-likeness (QED) is 0.887. The van der Waals surface area contributed by atoms with E-state index >= 15 is 0 Å². The second kappa shape index (κ2) is 5.56. The van der Waals surface area contributed by atoms with Crippen LogP contribution in [0.3, 0.4) is 0 Å². The zero-order valence-corrected chi connectivity index (χ0v) is 11.4. The first kappa shape index (κ1) is 13.0. The molecule has 6 heteroatoms. The Labute approximate surface area is 112 Å². The highest BCUT2D eigenvalue weighted by Crippen LogP contribution is 2.36. The first-order chi connectivity index (χ1) is 9.34. The molecule has 0 aromatic carbocycles.